The molecule has 1 aromatic carbocycles. The number of rotatable bonds is 3. The van der Waals surface area contributed by atoms with Crippen LogP contribution in [0.25, 0.3) is 10.9 Å². The predicted octanol–water partition coefficient (Wildman–Crippen LogP) is 3.11. The molecule has 0 N–H and O–H groups in total. The standard InChI is InChI=1S/C15H18N2OS/c1-10-9-14(19-11(2)15(18)17(3)4)16-13-8-6-5-7-12(10)13/h5-9,11H,1-4H3/t11-/m1/s1. The van der Waals surface area contributed by atoms with Gasteiger partial charge in [0.15, 0.2) is 0 Å². The Labute approximate surface area is 118 Å². The molecule has 2 aromatic rings. The zero-order valence-electron chi connectivity index (χ0n) is 11.7. The highest BCUT2D eigenvalue weighted by atomic mass is 32.2. The van der Waals surface area contributed by atoms with Crippen molar-refractivity contribution in [1.82, 2.24) is 9.88 Å². The van der Waals surface area contributed by atoms with Crippen molar-refractivity contribution in [1.29, 1.82) is 0 Å². The molecule has 0 bridgehead atoms. The van der Waals surface area contributed by atoms with E-state index in [0.717, 1.165) is 10.5 Å². The van der Waals surface area contributed by atoms with Gasteiger partial charge >= 0.3 is 0 Å². The molecule has 0 saturated heterocycles. The van der Waals surface area contributed by atoms with Gasteiger partial charge in [-0.15, -0.1) is 0 Å². The molecule has 0 aliphatic heterocycles. The fourth-order valence-electron chi connectivity index (χ4n) is 1.97. The second kappa shape index (κ2) is 5.61. The lowest BCUT2D eigenvalue weighted by atomic mass is 10.1. The second-order valence-corrected chi connectivity index (χ2v) is 6.15. The third-order valence-electron chi connectivity index (χ3n) is 2.99. The first-order valence-corrected chi connectivity index (χ1v) is 7.11. The van der Waals surface area contributed by atoms with Crippen LogP contribution in [-0.2, 0) is 4.79 Å². The fraction of sp³-hybridized carbons (Fsp3) is 0.333. The van der Waals surface area contributed by atoms with Crippen LogP contribution in [0.1, 0.15) is 12.5 Å². The molecule has 0 spiro atoms. The highest BCUT2D eigenvalue weighted by Crippen LogP contribution is 2.27. The average molecular weight is 274 g/mol. The number of carbonyl (C=O) groups excluding carboxylic acids is 1. The molecule has 1 heterocycles. The van der Waals surface area contributed by atoms with E-state index in [9.17, 15) is 4.79 Å². The lowest BCUT2D eigenvalue weighted by molar-refractivity contribution is -0.127. The zero-order chi connectivity index (χ0) is 14.0. The Morgan fingerprint density at radius 3 is 2.68 bits per heavy atom. The molecule has 19 heavy (non-hydrogen) atoms. The summed E-state index contributed by atoms with van der Waals surface area (Å²) in [6.07, 6.45) is 0. The lowest BCUT2D eigenvalue weighted by Crippen LogP contribution is -2.29. The number of nitrogens with zero attached hydrogens (tertiary/aromatic N) is 2. The van der Waals surface area contributed by atoms with E-state index in [2.05, 4.69) is 18.0 Å². The fourth-order valence-corrected chi connectivity index (χ4v) is 3.04. The average Bonchev–Trinajstić information content (AvgIpc) is 2.37. The van der Waals surface area contributed by atoms with Crippen molar-refractivity contribution in [2.24, 2.45) is 0 Å². The van der Waals surface area contributed by atoms with Gasteiger partial charge in [0.05, 0.1) is 15.8 Å². The number of hydrogen-bond acceptors (Lipinski definition) is 3. The first-order valence-electron chi connectivity index (χ1n) is 6.23. The van der Waals surface area contributed by atoms with Crippen molar-refractivity contribution in [2.75, 3.05) is 14.1 Å². The lowest BCUT2D eigenvalue weighted by Gasteiger charge is -2.16. The van der Waals surface area contributed by atoms with Gasteiger partial charge < -0.3 is 4.90 Å². The maximum Gasteiger partial charge on any atom is 0.235 e. The van der Waals surface area contributed by atoms with E-state index in [-0.39, 0.29) is 11.2 Å². The van der Waals surface area contributed by atoms with Crippen LogP contribution in [0.3, 0.4) is 0 Å². The zero-order valence-corrected chi connectivity index (χ0v) is 12.5. The second-order valence-electron chi connectivity index (χ2n) is 4.79. The van der Waals surface area contributed by atoms with Crippen molar-refractivity contribution in [3.8, 4) is 0 Å². The monoisotopic (exact) mass is 274 g/mol. The summed E-state index contributed by atoms with van der Waals surface area (Å²) in [6.45, 7) is 3.99. The Bertz CT molecular complexity index is 610. The Balaban J connectivity index is 2.29. The van der Waals surface area contributed by atoms with Crippen LogP contribution in [0.4, 0.5) is 0 Å². The van der Waals surface area contributed by atoms with Crippen molar-refractivity contribution in [2.45, 2.75) is 24.1 Å². The third-order valence-corrected chi connectivity index (χ3v) is 3.99. The number of amides is 1. The normalized spacial score (nSPS) is 12.4. The van der Waals surface area contributed by atoms with E-state index in [0.29, 0.717) is 0 Å². The summed E-state index contributed by atoms with van der Waals surface area (Å²) in [6, 6.07) is 10.1. The first kappa shape index (κ1) is 13.9. The Kier molecular flexibility index (Phi) is 4.10. The molecule has 2 rings (SSSR count). The summed E-state index contributed by atoms with van der Waals surface area (Å²) in [5.41, 5.74) is 2.17. The number of carbonyl (C=O) groups is 1. The minimum atomic E-state index is -0.122. The van der Waals surface area contributed by atoms with Gasteiger partial charge in [-0.25, -0.2) is 4.98 Å². The molecule has 0 radical (unpaired) electrons. The SMILES string of the molecule is Cc1cc(S[C@H](C)C(=O)N(C)C)nc2ccccc12. The number of thioether (sulfide) groups is 1. The Morgan fingerprint density at radius 1 is 1.32 bits per heavy atom. The molecule has 0 aliphatic carbocycles. The molecule has 0 aliphatic rings. The molecule has 3 nitrogen and oxygen atoms in total. The summed E-state index contributed by atoms with van der Waals surface area (Å²) >= 11 is 1.51. The number of benzene rings is 1. The van der Waals surface area contributed by atoms with Crippen LogP contribution in [0.15, 0.2) is 35.4 Å². The Hall–Kier alpha value is -1.55. The minimum absolute atomic E-state index is 0.109. The van der Waals surface area contributed by atoms with E-state index in [1.165, 1.54) is 22.7 Å². The molecule has 100 valence electrons. The van der Waals surface area contributed by atoms with Gasteiger partial charge in [0.2, 0.25) is 5.91 Å². The number of fused-ring (bicyclic) bond motifs is 1. The highest BCUT2D eigenvalue weighted by molar-refractivity contribution is 8.00. The highest BCUT2D eigenvalue weighted by Gasteiger charge is 2.17. The van der Waals surface area contributed by atoms with E-state index in [1.807, 2.05) is 31.2 Å². The molecule has 0 unspecified atom stereocenters. The predicted molar refractivity (Wildman–Crippen MR) is 80.5 cm³/mol. The number of aromatic nitrogens is 1. The van der Waals surface area contributed by atoms with Crippen LogP contribution >= 0.6 is 11.8 Å². The summed E-state index contributed by atoms with van der Waals surface area (Å²) in [4.78, 5) is 18.1. The van der Waals surface area contributed by atoms with Crippen molar-refractivity contribution in [3.63, 3.8) is 0 Å². The quantitative estimate of drug-likeness (QED) is 0.806. The van der Waals surface area contributed by atoms with Gasteiger partial charge in [-0.2, -0.15) is 0 Å². The van der Waals surface area contributed by atoms with E-state index < -0.39 is 0 Å². The number of hydrogen-bond donors (Lipinski definition) is 0. The van der Waals surface area contributed by atoms with Crippen LogP contribution in [-0.4, -0.2) is 35.1 Å². The van der Waals surface area contributed by atoms with Crippen molar-refractivity contribution in [3.05, 3.63) is 35.9 Å². The summed E-state index contributed by atoms with van der Waals surface area (Å²) < 4.78 is 0. The molecule has 1 amide bonds. The van der Waals surface area contributed by atoms with E-state index >= 15 is 0 Å². The third kappa shape index (κ3) is 3.07. The topological polar surface area (TPSA) is 33.2 Å². The molecule has 1 aromatic heterocycles. The van der Waals surface area contributed by atoms with Gasteiger partial charge in [-0.1, -0.05) is 30.0 Å². The molecule has 4 heteroatoms. The number of pyridine rings is 1. The van der Waals surface area contributed by atoms with E-state index in [4.69, 9.17) is 0 Å². The van der Waals surface area contributed by atoms with E-state index in [1.54, 1.807) is 19.0 Å². The Morgan fingerprint density at radius 2 is 2.00 bits per heavy atom. The first-order chi connectivity index (χ1) is 8.99. The smallest absolute Gasteiger partial charge is 0.235 e. The minimum Gasteiger partial charge on any atom is -0.348 e. The maximum absolute atomic E-state index is 11.9. The molecule has 0 saturated carbocycles. The van der Waals surface area contributed by atoms with Crippen LogP contribution in [0.5, 0.6) is 0 Å². The molecular weight excluding hydrogens is 256 g/mol. The van der Waals surface area contributed by atoms with Crippen molar-refractivity contribution < 1.29 is 4.79 Å². The van der Waals surface area contributed by atoms with Crippen molar-refractivity contribution >= 4 is 28.6 Å². The molecule has 0 fully saturated rings. The molecule has 1 atom stereocenters. The summed E-state index contributed by atoms with van der Waals surface area (Å²) in [5, 5.41) is 1.94. The van der Waals surface area contributed by atoms with Gasteiger partial charge in [0.25, 0.3) is 0 Å². The summed E-state index contributed by atoms with van der Waals surface area (Å²) in [7, 11) is 3.55. The summed E-state index contributed by atoms with van der Waals surface area (Å²) in [5.74, 6) is 0.109. The van der Waals surface area contributed by atoms with Crippen LogP contribution < -0.4 is 0 Å². The van der Waals surface area contributed by atoms with Crippen LogP contribution in [0.2, 0.25) is 0 Å². The van der Waals surface area contributed by atoms with Crippen LogP contribution in [0, 0.1) is 6.92 Å². The number of aryl methyl sites for hydroxylation is 1. The molecular formula is C15H18N2OS. The van der Waals surface area contributed by atoms with Gasteiger partial charge in [0.1, 0.15) is 0 Å². The van der Waals surface area contributed by atoms with Gasteiger partial charge in [-0.05, 0) is 31.5 Å². The largest absolute Gasteiger partial charge is 0.348 e. The van der Waals surface area contributed by atoms with Gasteiger partial charge in [-0.3, -0.25) is 4.79 Å². The van der Waals surface area contributed by atoms with Gasteiger partial charge in [0, 0.05) is 19.5 Å². The number of para-hydroxylation sites is 1. The maximum atomic E-state index is 11.9.